The first-order valence-corrected chi connectivity index (χ1v) is 5.87. The van der Waals surface area contributed by atoms with Crippen molar-refractivity contribution in [3.05, 3.63) is 27.3 Å². The highest BCUT2D eigenvalue weighted by Crippen LogP contribution is 2.33. The molecule has 1 aromatic rings. The number of halogens is 1. The Balaban J connectivity index is 3.07. The quantitative estimate of drug-likeness (QED) is 0.477. The summed E-state index contributed by atoms with van der Waals surface area (Å²) in [5.74, 6) is 0.919. The predicted molar refractivity (Wildman–Crippen MR) is 73.3 cm³/mol. The van der Waals surface area contributed by atoms with Gasteiger partial charge in [0.2, 0.25) is 0 Å². The van der Waals surface area contributed by atoms with Crippen LogP contribution in [-0.2, 0) is 9.53 Å². The summed E-state index contributed by atoms with van der Waals surface area (Å²) in [5, 5.41) is 0. The monoisotopic (exact) mass is 348 g/mol. The zero-order valence-corrected chi connectivity index (χ0v) is 12.0. The van der Waals surface area contributed by atoms with Crippen LogP contribution in [0.15, 0.2) is 18.2 Å². The van der Waals surface area contributed by atoms with E-state index in [1.54, 1.807) is 26.4 Å². The molecule has 0 saturated carbocycles. The van der Waals surface area contributed by atoms with Crippen LogP contribution < -0.4 is 9.47 Å². The lowest BCUT2D eigenvalue weighted by Crippen LogP contribution is -1.95. The third-order valence-electron chi connectivity index (χ3n) is 2.07. The molecule has 1 rings (SSSR count). The first-order valence-electron chi connectivity index (χ1n) is 4.80. The summed E-state index contributed by atoms with van der Waals surface area (Å²) in [4.78, 5) is 11.0. The van der Waals surface area contributed by atoms with Crippen molar-refractivity contribution in [1.29, 1.82) is 0 Å². The summed E-state index contributed by atoms with van der Waals surface area (Å²) in [6, 6.07) is 3.68. The summed E-state index contributed by atoms with van der Waals surface area (Å²) in [6.45, 7) is 0. The highest BCUT2D eigenvalue weighted by molar-refractivity contribution is 14.1. The van der Waals surface area contributed by atoms with Crippen LogP contribution in [0.5, 0.6) is 11.5 Å². The fraction of sp³-hybridized carbons (Fsp3) is 0.250. The minimum Gasteiger partial charge on any atom is -0.493 e. The summed E-state index contributed by atoms with van der Waals surface area (Å²) >= 11 is 2.15. The number of rotatable bonds is 4. The normalized spacial score (nSPS) is 10.4. The highest BCUT2D eigenvalue weighted by Gasteiger charge is 2.09. The molecule has 0 aliphatic rings. The van der Waals surface area contributed by atoms with Crippen LogP contribution >= 0.6 is 22.6 Å². The first kappa shape index (κ1) is 13.8. The highest BCUT2D eigenvalue weighted by atomic mass is 127. The van der Waals surface area contributed by atoms with Gasteiger partial charge in [-0.05, 0) is 46.4 Å². The molecule has 0 aliphatic carbocycles. The molecule has 0 atom stereocenters. The van der Waals surface area contributed by atoms with Gasteiger partial charge in [0.05, 0.1) is 24.9 Å². The van der Waals surface area contributed by atoms with Gasteiger partial charge in [-0.25, -0.2) is 4.79 Å². The van der Waals surface area contributed by atoms with Crippen LogP contribution in [0.3, 0.4) is 0 Å². The fourth-order valence-corrected chi connectivity index (χ4v) is 2.11. The van der Waals surface area contributed by atoms with E-state index in [2.05, 4.69) is 27.3 Å². The molecule has 0 saturated heterocycles. The molecule has 0 bridgehead atoms. The Bertz CT molecular complexity index is 440. The number of carbonyl (C=O) groups is 1. The first-order chi connectivity index (χ1) is 8.12. The van der Waals surface area contributed by atoms with Crippen molar-refractivity contribution in [2.45, 2.75) is 0 Å². The predicted octanol–water partition coefficient (Wildman–Crippen LogP) is 2.49. The van der Waals surface area contributed by atoms with Gasteiger partial charge >= 0.3 is 5.97 Å². The average Bonchev–Trinajstić information content (AvgIpc) is 2.34. The molecule has 92 valence electrons. The maximum absolute atomic E-state index is 11.0. The van der Waals surface area contributed by atoms with Crippen LogP contribution in [-0.4, -0.2) is 27.3 Å². The molecule has 5 heteroatoms. The molecule has 0 amide bonds. The Morgan fingerprint density at radius 3 is 2.47 bits per heavy atom. The standard InChI is InChI=1S/C12H13IO4/c1-15-10-7-8(4-5-11(14)16-2)6-9(13)12(10)17-3/h4-7H,1-3H3. The molecular weight excluding hydrogens is 335 g/mol. The number of esters is 1. The summed E-state index contributed by atoms with van der Waals surface area (Å²) in [7, 11) is 4.50. The van der Waals surface area contributed by atoms with Gasteiger partial charge < -0.3 is 14.2 Å². The molecule has 0 spiro atoms. The maximum Gasteiger partial charge on any atom is 0.330 e. The van der Waals surface area contributed by atoms with Gasteiger partial charge in [0.1, 0.15) is 0 Å². The van der Waals surface area contributed by atoms with E-state index < -0.39 is 5.97 Å². The van der Waals surface area contributed by atoms with Gasteiger partial charge in [0, 0.05) is 6.08 Å². The van der Waals surface area contributed by atoms with Crippen molar-refractivity contribution in [2.75, 3.05) is 21.3 Å². The average molecular weight is 348 g/mol. The van der Waals surface area contributed by atoms with Crippen molar-refractivity contribution < 1.29 is 19.0 Å². The third kappa shape index (κ3) is 3.62. The largest absolute Gasteiger partial charge is 0.493 e. The van der Waals surface area contributed by atoms with E-state index in [4.69, 9.17) is 9.47 Å². The van der Waals surface area contributed by atoms with Crippen molar-refractivity contribution in [3.8, 4) is 11.5 Å². The molecule has 0 radical (unpaired) electrons. The minimum atomic E-state index is -0.394. The number of hydrogen-bond acceptors (Lipinski definition) is 4. The molecule has 4 nitrogen and oxygen atoms in total. The Hall–Kier alpha value is -1.24. The molecular formula is C12H13IO4. The lowest BCUT2D eigenvalue weighted by molar-refractivity contribution is -0.134. The Morgan fingerprint density at radius 1 is 1.24 bits per heavy atom. The molecule has 0 unspecified atom stereocenters. The molecule has 0 heterocycles. The Morgan fingerprint density at radius 2 is 1.94 bits per heavy atom. The smallest absolute Gasteiger partial charge is 0.330 e. The van der Waals surface area contributed by atoms with Crippen molar-refractivity contribution in [3.63, 3.8) is 0 Å². The van der Waals surface area contributed by atoms with E-state index in [-0.39, 0.29) is 0 Å². The van der Waals surface area contributed by atoms with Crippen LogP contribution in [0.4, 0.5) is 0 Å². The van der Waals surface area contributed by atoms with Crippen molar-refractivity contribution in [2.24, 2.45) is 0 Å². The van der Waals surface area contributed by atoms with Gasteiger partial charge in [0.25, 0.3) is 0 Å². The number of methoxy groups -OCH3 is 3. The summed E-state index contributed by atoms with van der Waals surface area (Å²) in [6.07, 6.45) is 3.02. The van der Waals surface area contributed by atoms with Gasteiger partial charge in [-0.3, -0.25) is 0 Å². The molecule has 0 aromatic heterocycles. The van der Waals surface area contributed by atoms with Gasteiger partial charge in [-0.1, -0.05) is 0 Å². The van der Waals surface area contributed by atoms with Crippen LogP contribution in [0.1, 0.15) is 5.56 Å². The number of carbonyl (C=O) groups excluding carboxylic acids is 1. The topological polar surface area (TPSA) is 44.8 Å². The lowest BCUT2D eigenvalue weighted by Gasteiger charge is -2.10. The fourth-order valence-electron chi connectivity index (χ4n) is 1.27. The molecule has 0 aliphatic heterocycles. The number of benzene rings is 1. The molecule has 1 aromatic carbocycles. The maximum atomic E-state index is 11.0. The zero-order chi connectivity index (χ0) is 12.8. The molecule has 0 fully saturated rings. The second-order valence-electron chi connectivity index (χ2n) is 3.09. The molecule has 17 heavy (non-hydrogen) atoms. The zero-order valence-electron chi connectivity index (χ0n) is 9.82. The molecule has 0 N–H and O–H groups in total. The Kier molecular flexibility index (Phi) is 5.27. The van der Waals surface area contributed by atoms with Crippen molar-refractivity contribution in [1.82, 2.24) is 0 Å². The van der Waals surface area contributed by atoms with Crippen LogP contribution in [0, 0.1) is 3.57 Å². The lowest BCUT2D eigenvalue weighted by atomic mass is 10.2. The number of ether oxygens (including phenoxy) is 3. The van der Waals surface area contributed by atoms with Gasteiger partial charge in [-0.2, -0.15) is 0 Å². The minimum absolute atomic E-state index is 0.394. The second-order valence-corrected chi connectivity index (χ2v) is 4.26. The van der Waals surface area contributed by atoms with Gasteiger partial charge in [0.15, 0.2) is 11.5 Å². The van der Waals surface area contributed by atoms with E-state index in [1.807, 2.05) is 6.07 Å². The SMILES string of the molecule is COC(=O)C=Cc1cc(I)c(OC)c(OC)c1. The van der Waals surface area contributed by atoms with E-state index in [0.29, 0.717) is 11.5 Å². The second kappa shape index (κ2) is 6.48. The Labute approximate surface area is 114 Å². The summed E-state index contributed by atoms with van der Waals surface area (Å²) < 4.78 is 15.9. The van der Waals surface area contributed by atoms with Crippen molar-refractivity contribution >= 4 is 34.6 Å². The van der Waals surface area contributed by atoms with Gasteiger partial charge in [-0.15, -0.1) is 0 Å². The van der Waals surface area contributed by atoms with E-state index in [0.717, 1.165) is 9.13 Å². The van der Waals surface area contributed by atoms with Crippen LogP contribution in [0.25, 0.3) is 6.08 Å². The van der Waals surface area contributed by atoms with E-state index in [1.165, 1.54) is 13.2 Å². The van der Waals surface area contributed by atoms with E-state index in [9.17, 15) is 4.79 Å². The number of hydrogen-bond donors (Lipinski definition) is 0. The third-order valence-corrected chi connectivity index (χ3v) is 2.87. The van der Waals surface area contributed by atoms with E-state index >= 15 is 0 Å². The van der Waals surface area contributed by atoms with Crippen LogP contribution in [0.2, 0.25) is 0 Å². The summed E-state index contributed by atoms with van der Waals surface area (Å²) in [5.41, 5.74) is 0.845.